The second kappa shape index (κ2) is 6.55. The van der Waals surface area contributed by atoms with Gasteiger partial charge in [0.15, 0.2) is 15.5 Å². The lowest BCUT2D eigenvalue weighted by atomic mass is 10.1. The van der Waals surface area contributed by atoms with Gasteiger partial charge in [0.05, 0.1) is 17.0 Å². The average Bonchev–Trinajstić information content (AvgIpc) is 3.08. The van der Waals surface area contributed by atoms with Crippen molar-refractivity contribution in [3.63, 3.8) is 0 Å². The Hall–Kier alpha value is -1.89. The van der Waals surface area contributed by atoms with Crippen molar-refractivity contribution in [2.75, 3.05) is 18.1 Å². The van der Waals surface area contributed by atoms with Crippen molar-refractivity contribution in [3.8, 4) is 0 Å². The fourth-order valence-electron chi connectivity index (χ4n) is 3.28. The van der Waals surface area contributed by atoms with E-state index in [4.69, 9.17) is 0 Å². The predicted octanol–water partition coefficient (Wildman–Crippen LogP) is 2.07. The number of sulfone groups is 1. The summed E-state index contributed by atoms with van der Waals surface area (Å²) >= 11 is 0. The van der Waals surface area contributed by atoms with Gasteiger partial charge in [0.2, 0.25) is 0 Å². The van der Waals surface area contributed by atoms with Gasteiger partial charge in [-0.15, -0.1) is 0 Å². The molecule has 1 aliphatic rings. The number of unbranched alkanes of at least 4 members (excludes halogenated alkanes) is 1. The lowest BCUT2D eigenvalue weighted by Gasteiger charge is -2.27. The largest absolute Gasteiger partial charge is 0.333 e. The van der Waals surface area contributed by atoms with Crippen molar-refractivity contribution >= 4 is 21.3 Å². The molecule has 6 nitrogen and oxygen atoms in total. The van der Waals surface area contributed by atoms with Gasteiger partial charge in [-0.25, -0.2) is 13.4 Å². The van der Waals surface area contributed by atoms with Gasteiger partial charge in [0.25, 0.3) is 5.91 Å². The molecule has 2 aromatic heterocycles. The molecule has 1 amide bonds. The molecule has 130 valence electrons. The van der Waals surface area contributed by atoms with Crippen LogP contribution in [0.5, 0.6) is 0 Å². The number of hydrogen-bond donors (Lipinski definition) is 0. The third-order valence-corrected chi connectivity index (χ3v) is 6.34. The van der Waals surface area contributed by atoms with Crippen LogP contribution in [0.15, 0.2) is 24.4 Å². The second-order valence-electron chi connectivity index (χ2n) is 6.37. The molecule has 0 aliphatic carbocycles. The maximum atomic E-state index is 13.1. The van der Waals surface area contributed by atoms with E-state index in [0.29, 0.717) is 18.7 Å². The smallest absolute Gasteiger partial charge is 0.274 e. The van der Waals surface area contributed by atoms with Crippen LogP contribution in [-0.4, -0.2) is 52.7 Å². The third-order valence-electron chi connectivity index (χ3n) is 4.59. The molecule has 24 heavy (non-hydrogen) atoms. The molecule has 1 atom stereocenters. The summed E-state index contributed by atoms with van der Waals surface area (Å²) in [5.41, 5.74) is 1.18. The highest BCUT2D eigenvalue weighted by atomic mass is 32.2. The lowest BCUT2D eigenvalue weighted by molar-refractivity contribution is 0.0690. The van der Waals surface area contributed by atoms with Crippen molar-refractivity contribution in [1.29, 1.82) is 0 Å². The van der Waals surface area contributed by atoms with Gasteiger partial charge in [0, 0.05) is 18.8 Å². The molecule has 1 fully saturated rings. The van der Waals surface area contributed by atoms with E-state index in [1.165, 1.54) is 0 Å². The number of aryl methyl sites for hydroxylation is 1. The minimum Gasteiger partial charge on any atom is -0.333 e. The van der Waals surface area contributed by atoms with E-state index in [1.54, 1.807) is 4.90 Å². The van der Waals surface area contributed by atoms with Gasteiger partial charge in [-0.2, -0.15) is 0 Å². The van der Waals surface area contributed by atoms with Crippen LogP contribution >= 0.6 is 0 Å². The average molecular weight is 349 g/mol. The molecule has 1 saturated heterocycles. The second-order valence-corrected chi connectivity index (χ2v) is 8.60. The van der Waals surface area contributed by atoms with Crippen LogP contribution in [0, 0.1) is 6.92 Å². The Bertz CT molecular complexity index is 857. The quantitative estimate of drug-likeness (QED) is 0.828. The molecular weight excluding hydrogens is 326 g/mol. The van der Waals surface area contributed by atoms with Gasteiger partial charge in [0.1, 0.15) is 5.82 Å². The SMILES string of the molecule is CCCCN(C(=O)c1nc(C)n2ccccc12)C1CCS(=O)(=O)C1. The van der Waals surface area contributed by atoms with Gasteiger partial charge in [-0.1, -0.05) is 19.4 Å². The molecular formula is C17H23N3O3S. The fourth-order valence-corrected chi connectivity index (χ4v) is 5.01. The normalized spacial score (nSPS) is 19.7. The Morgan fingerprint density at radius 2 is 2.21 bits per heavy atom. The number of carbonyl (C=O) groups excluding carboxylic acids is 1. The first-order chi connectivity index (χ1) is 11.4. The Morgan fingerprint density at radius 3 is 2.88 bits per heavy atom. The molecule has 7 heteroatoms. The number of amides is 1. The number of aromatic nitrogens is 2. The van der Waals surface area contributed by atoms with Crippen molar-refractivity contribution < 1.29 is 13.2 Å². The first-order valence-electron chi connectivity index (χ1n) is 8.38. The summed E-state index contributed by atoms with van der Waals surface area (Å²) in [6, 6.07) is 5.41. The van der Waals surface area contributed by atoms with E-state index >= 15 is 0 Å². The molecule has 0 N–H and O–H groups in total. The summed E-state index contributed by atoms with van der Waals surface area (Å²) < 4.78 is 25.6. The Kier molecular flexibility index (Phi) is 4.62. The van der Waals surface area contributed by atoms with E-state index in [1.807, 2.05) is 35.7 Å². The lowest BCUT2D eigenvalue weighted by Crippen LogP contribution is -2.42. The maximum absolute atomic E-state index is 13.1. The summed E-state index contributed by atoms with van der Waals surface area (Å²) in [7, 11) is -3.04. The van der Waals surface area contributed by atoms with Crippen molar-refractivity contribution in [2.45, 2.75) is 39.2 Å². The summed E-state index contributed by atoms with van der Waals surface area (Å²) in [6.07, 6.45) is 4.20. The molecule has 3 rings (SSSR count). The Morgan fingerprint density at radius 1 is 1.42 bits per heavy atom. The van der Waals surface area contributed by atoms with E-state index in [2.05, 4.69) is 11.9 Å². The summed E-state index contributed by atoms with van der Waals surface area (Å²) in [6.45, 7) is 4.49. The molecule has 1 aliphatic heterocycles. The Labute approximate surface area is 142 Å². The number of rotatable bonds is 5. The minimum absolute atomic E-state index is 0.0627. The molecule has 0 saturated carbocycles. The van der Waals surface area contributed by atoms with Gasteiger partial charge in [-0.05, 0) is 31.9 Å². The molecule has 1 unspecified atom stereocenters. The monoisotopic (exact) mass is 349 g/mol. The van der Waals surface area contributed by atoms with Crippen LogP contribution in [-0.2, 0) is 9.84 Å². The number of pyridine rings is 1. The number of imidazole rings is 1. The zero-order valence-electron chi connectivity index (χ0n) is 14.1. The molecule has 0 aromatic carbocycles. The first kappa shape index (κ1) is 17.0. The van der Waals surface area contributed by atoms with E-state index < -0.39 is 9.84 Å². The highest BCUT2D eigenvalue weighted by molar-refractivity contribution is 7.91. The summed E-state index contributed by atoms with van der Waals surface area (Å²) in [5.74, 6) is 0.815. The van der Waals surface area contributed by atoms with Crippen LogP contribution in [0.2, 0.25) is 0 Å². The van der Waals surface area contributed by atoms with E-state index in [0.717, 1.165) is 24.2 Å². The van der Waals surface area contributed by atoms with E-state index in [9.17, 15) is 13.2 Å². The van der Waals surface area contributed by atoms with Crippen LogP contribution in [0.3, 0.4) is 0 Å². The number of hydrogen-bond acceptors (Lipinski definition) is 4. The molecule has 0 spiro atoms. The predicted molar refractivity (Wildman–Crippen MR) is 92.9 cm³/mol. The highest BCUT2D eigenvalue weighted by Crippen LogP contribution is 2.22. The van der Waals surface area contributed by atoms with Gasteiger partial charge >= 0.3 is 0 Å². The number of nitrogens with zero attached hydrogens (tertiary/aromatic N) is 3. The van der Waals surface area contributed by atoms with Crippen LogP contribution in [0.25, 0.3) is 5.52 Å². The van der Waals surface area contributed by atoms with Crippen LogP contribution in [0.1, 0.15) is 42.5 Å². The van der Waals surface area contributed by atoms with Crippen molar-refractivity contribution in [2.24, 2.45) is 0 Å². The topological polar surface area (TPSA) is 71.8 Å². The fraction of sp³-hybridized carbons (Fsp3) is 0.529. The molecule has 0 bridgehead atoms. The Balaban J connectivity index is 1.96. The van der Waals surface area contributed by atoms with Gasteiger partial charge in [-0.3, -0.25) is 4.79 Å². The number of fused-ring (bicyclic) bond motifs is 1. The zero-order chi connectivity index (χ0) is 17.3. The molecule has 0 radical (unpaired) electrons. The highest BCUT2D eigenvalue weighted by Gasteiger charge is 2.35. The van der Waals surface area contributed by atoms with Gasteiger partial charge < -0.3 is 9.30 Å². The first-order valence-corrected chi connectivity index (χ1v) is 10.2. The van der Waals surface area contributed by atoms with Crippen LogP contribution in [0.4, 0.5) is 0 Å². The molecule has 2 aromatic rings. The molecule has 3 heterocycles. The summed E-state index contributed by atoms with van der Waals surface area (Å²) in [4.78, 5) is 19.3. The van der Waals surface area contributed by atoms with E-state index in [-0.39, 0.29) is 23.5 Å². The van der Waals surface area contributed by atoms with Crippen molar-refractivity contribution in [3.05, 3.63) is 35.9 Å². The van der Waals surface area contributed by atoms with Crippen molar-refractivity contribution in [1.82, 2.24) is 14.3 Å². The maximum Gasteiger partial charge on any atom is 0.274 e. The number of carbonyl (C=O) groups is 1. The van der Waals surface area contributed by atoms with Crippen LogP contribution < -0.4 is 0 Å². The zero-order valence-corrected chi connectivity index (χ0v) is 14.9. The standard InChI is InChI=1S/C17H23N3O3S/c1-3-4-9-20(14-8-11-24(22,23)12-14)17(21)16-15-7-5-6-10-19(15)13(2)18-16/h5-7,10,14H,3-4,8-9,11-12H2,1-2H3. The summed E-state index contributed by atoms with van der Waals surface area (Å²) in [5, 5.41) is 0. The minimum atomic E-state index is -3.04. The third kappa shape index (κ3) is 3.17.